The molecule has 116 valence electrons. The lowest BCUT2D eigenvalue weighted by Gasteiger charge is -2.22. The standard InChI is InChI=1S/C19H29NO/c1-15(20-14-19(9-10-19)11-12-21-2)17-8-7-16-5-3-4-6-18(16)13-17/h7-8,13,15,20H,3-6,9-12,14H2,1-2H3. The molecule has 0 amide bonds. The molecule has 1 aromatic rings. The highest BCUT2D eigenvalue weighted by Crippen LogP contribution is 2.48. The van der Waals surface area contributed by atoms with Gasteiger partial charge in [-0.2, -0.15) is 0 Å². The van der Waals surface area contributed by atoms with Crippen molar-refractivity contribution >= 4 is 0 Å². The van der Waals surface area contributed by atoms with Crippen LogP contribution in [0.4, 0.5) is 0 Å². The third-order valence-corrected chi connectivity index (χ3v) is 5.45. The average molecular weight is 287 g/mol. The van der Waals surface area contributed by atoms with Crippen LogP contribution in [0.5, 0.6) is 0 Å². The zero-order valence-corrected chi connectivity index (χ0v) is 13.6. The number of hydrogen-bond donors (Lipinski definition) is 1. The lowest BCUT2D eigenvalue weighted by atomic mass is 9.89. The number of ether oxygens (including phenoxy) is 1. The molecular weight excluding hydrogens is 258 g/mol. The van der Waals surface area contributed by atoms with Gasteiger partial charge in [0.2, 0.25) is 0 Å². The maximum absolute atomic E-state index is 5.24. The predicted molar refractivity (Wildman–Crippen MR) is 87.7 cm³/mol. The summed E-state index contributed by atoms with van der Waals surface area (Å²) in [6.07, 6.45) is 9.19. The van der Waals surface area contributed by atoms with Gasteiger partial charge in [0.15, 0.2) is 0 Å². The molecule has 0 aliphatic heterocycles. The number of benzene rings is 1. The summed E-state index contributed by atoms with van der Waals surface area (Å²) in [6, 6.07) is 7.59. The third kappa shape index (κ3) is 3.67. The Kier molecular flexibility index (Phi) is 4.66. The summed E-state index contributed by atoms with van der Waals surface area (Å²) in [5.74, 6) is 0. The first-order chi connectivity index (χ1) is 10.2. The summed E-state index contributed by atoms with van der Waals surface area (Å²) in [6.45, 7) is 4.33. The molecule has 1 N–H and O–H groups in total. The molecule has 2 heteroatoms. The van der Waals surface area contributed by atoms with Crippen LogP contribution in [0.15, 0.2) is 18.2 Å². The Morgan fingerprint density at radius 1 is 1.19 bits per heavy atom. The first-order valence-electron chi connectivity index (χ1n) is 8.56. The molecule has 0 saturated heterocycles. The maximum Gasteiger partial charge on any atom is 0.0468 e. The van der Waals surface area contributed by atoms with Crippen LogP contribution in [0.25, 0.3) is 0 Å². The molecule has 0 heterocycles. The van der Waals surface area contributed by atoms with Crippen LogP contribution >= 0.6 is 0 Å². The van der Waals surface area contributed by atoms with Crippen molar-refractivity contribution in [3.8, 4) is 0 Å². The van der Waals surface area contributed by atoms with E-state index >= 15 is 0 Å². The van der Waals surface area contributed by atoms with Crippen molar-refractivity contribution in [1.29, 1.82) is 0 Å². The van der Waals surface area contributed by atoms with Gasteiger partial charge in [0.05, 0.1) is 0 Å². The normalized spacial score (nSPS) is 20.9. The number of aryl methyl sites for hydroxylation is 2. The number of fused-ring (bicyclic) bond motifs is 1. The molecular formula is C19H29NO. The van der Waals surface area contributed by atoms with E-state index in [2.05, 4.69) is 30.4 Å². The minimum Gasteiger partial charge on any atom is -0.385 e. The maximum atomic E-state index is 5.24. The number of hydrogen-bond acceptors (Lipinski definition) is 2. The third-order valence-electron chi connectivity index (χ3n) is 5.45. The van der Waals surface area contributed by atoms with Gasteiger partial charge < -0.3 is 10.1 Å². The fourth-order valence-electron chi connectivity index (χ4n) is 3.52. The number of nitrogens with one attached hydrogen (secondary N) is 1. The van der Waals surface area contributed by atoms with Crippen molar-refractivity contribution in [1.82, 2.24) is 5.32 Å². The summed E-state index contributed by atoms with van der Waals surface area (Å²) < 4.78 is 5.24. The molecule has 1 unspecified atom stereocenters. The highest BCUT2D eigenvalue weighted by molar-refractivity contribution is 5.35. The van der Waals surface area contributed by atoms with Crippen molar-refractivity contribution in [3.63, 3.8) is 0 Å². The zero-order chi connectivity index (χ0) is 14.7. The minimum absolute atomic E-state index is 0.456. The molecule has 21 heavy (non-hydrogen) atoms. The van der Waals surface area contributed by atoms with E-state index in [4.69, 9.17) is 4.74 Å². The summed E-state index contributed by atoms with van der Waals surface area (Å²) in [5.41, 5.74) is 5.15. The molecule has 0 aromatic heterocycles. The van der Waals surface area contributed by atoms with Crippen LogP contribution in [-0.4, -0.2) is 20.3 Å². The van der Waals surface area contributed by atoms with Gasteiger partial charge in [0.1, 0.15) is 0 Å². The predicted octanol–water partition coefficient (Wildman–Crippen LogP) is 4.03. The smallest absolute Gasteiger partial charge is 0.0468 e. The van der Waals surface area contributed by atoms with E-state index in [0.29, 0.717) is 11.5 Å². The van der Waals surface area contributed by atoms with E-state index in [1.54, 1.807) is 18.2 Å². The average Bonchev–Trinajstić information content (AvgIpc) is 3.30. The highest BCUT2D eigenvalue weighted by Gasteiger charge is 2.41. The Labute approximate surface area is 129 Å². The Morgan fingerprint density at radius 2 is 1.95 bits per heavy atom. The van der Waals surface area contributed by atoms with Crippen molar-refractivity contribution in [2.24, 2.45) is 5.41 Å². The van der Waals surface area contributed by atoms with Crippen LogP contribution in [0.3, 0.4) is 0 Å². The van der Waals surface area contributed by atoms with Crippen LogP contribution in [0.2, 0.25) is 0 Å². The molecule has 0 radical (unpaired) electrons. The summed E-state index contributed by atoms with van der Waals surface area (Å²) in [4.78, 5) is 0. The molecule has 1 fully saturated rings. The van der Waals surface area contributed by atoms with Gasteiger partial charge in [-0.1, -0.05) is 18.2 Å². The van der Waals surface area contributed by atoms with Crippen LogP contribution < -0.4 is 5.32 Å². The Hall–Kier alpha value is -0.860. The van der Waals surface area contributed by atoms with Crippen LogP contribution in [0.1, 0.15) is 61.8 Å². The monoisotopic (exact) mass is 287 g/mol. The van der Waals surface area contributed by atoms with Crippen LogP contribution in [0, 0.1) is 5.41 Å². The lowest BCUT2D eigenvalue weighted by molar-refractivity contribution is 0.170. The molecule has 2 nitrogen and oxygen atoms in total. The van der Waals surface area contributed by atoms with Gasteiger partial charge in [0, 0.05) is 26.3 Å². The van der Waals surface area contributed by atoms with Crippen molar-refractivity contribution in [3.05, 3.63) is 34.9 Å². The Bertz CT molecular complexity index is 478. The zero-order valence-electron chi connectivity index (χ0n) is 13.6. The molecule has 1 atom stereocenters. The van der Waals surface area contributed by atoms with Gasteiger partial charge in [-0.25, -0.2) is 0 Å². The van der Waals surface area contributed by atoms with Gasteiger partial charge in [-0.15, -0.1) is 0 Å². The van der Waals surface area contributed by atoms with Crippen molar-refractivity contribution in [2.45, 2.75) is 57.9 Å². The van der Waals surface area contributed by atoms with Gasteiger partial charge in [0.25, 0.3) is 0 Å². The summed E-state index contributed by atoms with van der Waals surface area (Å²) in [7, 11) is 1.80. The molecule has 2 aliphatic carbocycles. The Balaban J connectivity index is 1.57. The molecule has 1 aromatic carbocycles. The van der Waals surface area contributed by atoms with Crippen molar-refractivity contribution < 1.29 is 4.74 Å². The topological polar surface area (TPSA) is 21.3 Å². The van der Waals surface area contributed by atoms with Crippen molar-refractivity contribution in [2.75, 3.05) is 20.3 Å². The molecule has 1 saturated carbocycles. The second-order valence-corrected chi connectivity index (χ2v) is 7.08. The first-order valence-corrected chi connectivity index (χ1v) is 8.56. The minimum atomic E-state index is 0.456. The Morgan fingerprint density at radius 3 is 2.67 bits per heavy atom. The molecule has 0 spiro atoms. The molecule has 3 rings (SSSR count). The number of methoxy groups -OCH3 is 1. The SMILES string of the molecule is COCCC1(CNC(C)c2ccc3c(c2)CCCC3)CC1. The van der Waals surface area contributed by atoms with Gasteiger partial charge in [-0.05, 0) is 74.0 Å². The second-order valence-electron chi connectivity index (χ2n) is 7.08. The fraction of sp³-hybridized carbons (Fsp3) is 0.684. The molecule has 2 aliphatic rings. The quantitative estimate of drug-likeness (QED) is 0.817. The van der Waals surface area contributed by atoms with Crippen LogP contribution in [-0.2, 0) is 17.6 Å². The fourth-order valence-corrected chi connectivity index (χ4v) is 3.52. The highest BCUT2D eigenvalue weighted by atomic mass is 16.5. The van der Waals surface area contributed by atoms with E-state index in [1.807, 2.05) is 0 Å². The first kappa shape index (κ1) is 15.1. The molecule has 0 bridgehead atoms. The van der Waals surface area contributed by atoms with E-state index in [-0.39, 0.29) is 0 Å². The van der Waals surface area contributed by atoms with E-state index < -0.39 is 0 Å². The lowest BCUT2D eigenvalue weighted by Crippen LogP contribution is -2.27. The summed E-state index contributed by atoms with van der Waals surface area (Å²) in [5, 5.41) is 3.76. The van der Waals surface area contributed by atoms with E-state index in [9.17, 15) is 0 Å². The van der Waals surface area contributed by atoms with E-state index in [0.717, 1.165) is 13.2 Å². The largest absolute Gasteiger partial charge is 0.385 e. The summed E-state index contributed by atoms with van der Waals surface area (Å²) >= 11 is 0. The van der Waals surface area contributed by atoms with Gasteiger partial charge >= 0.3 is 0 Å². The van der Waals surface area contributed by atoms with Gasteiger partial charge in [-0.3, -0.25) is 0 Å². The van der Waals surface area contributed by atoms with E-state index in [1.165, 1.54) is 50.5 Å². The second kappa shape index (κ2) is 6.50. The number of rotatable bonds is 7.